The van der Waals surface area contributed by atoms with E-state index in [1.54, 1.807) is 14.2 Å². The molecule has 0 radical (unpaired) electrons. The smallest absolute Gasteiger partial charge is 0.225 e. The normalized spacial score (nSPS) is 15.1. The molecule has 2 aromatic carbocycles. The van der Waals surface area contributed by atoms with E-state index in [0.717, 1.165) is 48.8 Å². The third kappa shape index (κ3) is 6.88. The summed E-state index contributed by atoms with van der Waals surface area (Å²) in [4.78, 5) is 10.1. The minimum Gasteiger partial charge on any atom is -0.494 e. The van der Waals surface area contributed by atoms with E-state index in [4.69, 9.17) is 14.2 Å². The van der Waals surface area contributed by atoms with Crippen molar-refractivity contribution in [3.63, 3.8) is 0 Å². The molecule has 0 spiro atoms. The summed E-state index contributed by atoms with van der Waals surface area (Å²) in [5, 5.41) is 8.54. The average Bonchev–Trinajstić information content (AvgIpc) is 3.34. The van der Waals surface area contributed by atoms with Gasteiger partial charge in [-0.05, 0) is 45.7 Å². The van der Waals surface area contributed by atoms with Crippen molar-refractivity contribution in [2.45, 2.75) is 45.8 Å². The van der Waals surface area contributed by atoms with Crippen LogP contribution in [0.1, 0.15) is 33.9 Å². The fraction of sp³-hybridized carbons (Fsp3) is 0.379. The van der Waals surface area contributed by atoms with Crippen LogP contribution in [-0.2, 0) is 4.74 Å². The lowest BCUT2D eigenvalue weighted by molar-refractivity contribution is 0.000789. The minimum atomic E-state index is -0.402. The molecule has 1 aliphatic rings. The van der Waals surface area contributed by atoms with Gasteiger partial charge in [-0.15, -0.1) is 10.2 Å². The summed E-state index contributed by atoms with van der Waals surface area (Å²) < 4.78 is 31.5. The maximum atomic E-state index is 12.7. The molecule has 0 bridgehead atoms. The van der Waals surface area contributed by atoms with E-state index < -0.39 is 5.82 Å². The highest BCUT2D eigenvalue weighted by Gasteiger charge is 2.23. The number of benzene rings is 2. The number of methoxy groups -OCH3 is 2. The van der Waals surface area contributed by atoms with Crippen molar-refractivity contribution in [2.24, 2.45) is 0 Å². The topological polar surface area (TPSA) is 87.4 Å². The summed E-state index contributed by atoms with van der Waals surface area (Å²) in [5.41, 5.74) is 1.78. The Morgan fingerprint density at radius 1 is 0.949 bits per heavy atom. The summed E-state index contributed by atoms with van der Waals surface area (Å²) in [5.74, 6) is 3.12. The molecule has 1 aliphatic heterocycles. The number of para-hydroxylation sites is 1. The summed E-state index contributed by atoms with van der Waals surface area (Å²) in [7, 11) is 3.28. The summed E-state index contributed by atoms with van der Waals surface area (Å²) in [6.07, 6.45) is 4.98. The molecule has 3 heterocycles. The van der Waals surface area contributed by atoms with Crippen LogP contribution in [0.2, 0.25) is 0 Å². The lowest BCUT2D eigenvalue weighted by Gasteiger charge is -2.33. The van der Waals surface area contributed by atoms with E-state index in [1.165, 1.54) is 12.4 Å². The van der Waals surface area contributed by atoms with Gasteiger partial charge in [0, 0.05) is 20.1 Å². The van der Waals surface area contributed by atoms with Gasteiger partial charge in [-0.1, -0.05) is 36.4 Å². The van der Waals surface area contributed by atoms with Crippen molar-refractivity contribution in [2.75, 3.05) is 32.2 Å². The Morgan fingerprint density at radius 3 is 2.23 bits per heavy atom. The summed E-state index contributed by atoms with van der Waals surface area (Å²) in [6, 6.07) is 15.6. The first-order chi connectivity index (χ1) is 18.9. The monoisotopic (exact) mass is 536 g/mol. The van der Waals surface area contributed by atoms with E-state index in [9.17, 15) is 4.39 Å². The van der Waals surface area contributed by atoms with Gasteiger partial charge in [0.2, 0.25) is 5.95 Å². The molecule has 0 aliphatic carbocycles. The number of aryl methyl sites for hydroxylation is 1. The lowest BCUT2D eigenvalue weighted by Crippen LogP contribution is -2.41. The van der Waals surface area contributed by atoms with Crippen LogP contribution >= 0.6 is 0 Å². The van der Waals surface area contributed by atoms with Gasteiger partial charge in [0.25, 0.3) is 0 Å². The van der Waals surface area contributed by atoms with Gasteiger partial charge in [-0.2, -0.15) is 0 Å². The van der Waals surface area contributed by atoms with Crippen LogP contribution in [0.15, 0.2) is 60.9 Å². The van der Waals surface area contributed by atoms with Gasteiger partial charge in [-0.3, -0.25) is 4.57 Å². The molecule has 9 nitrogen and oxygen atoms in total. The van der Waals surface area contributed by atoms with Crippen LogP contribution in [0.4, 0.5) is 10.3 Å². The molecule has 208 valence electrons. The van der Waals surface area contributed by atoms with Gasteiger partial charge < -0.3 is 19.1 Å². The molecule has 2 aromatic heterocycles. The fourth-order valence-electron chi connectivity index (χ4n) is 4.54. The van der Waals surface area contributed by atoms with Gasteiger partial charge in [0.05, 0.1) is 38.8 Å². The van der Waals surface area contributed by atoms with E-state index in [0.29, 0.717) is 17.4 Å². The summed E-state index contributed by atoms with van der Waals surface area (Å²) in [6.45, 7) is 7.67. The van der Waals surface area contributed by atoms with Gasteiger partial charge in [0.1, 0.15) is 23.0 Å². The van der Waals surface area contributed by atoms with Crippen LogP contribution < -0.4 is 14.4 Å². The standard InChI is InChI=1S/C17H17N3O2.C12H18FN3O.H2/c1-12-18-19-17(13-8-5-4-6-9-13)20(12)16-14(21-2)10-7-11-15(16)22-3;1-9(2)17-11-4-3-5-16(8-11)12-14-6-10(13)7-15-12;/h4-11H,1-3H3;6-7,9,11H,3-5,8H2,1-2H3;1H/t;11-;/m.0./s1. The Morgan fingerprint density at radius 2 is 1.62 bits per heavy atom. The number of ether oxygens (including phenoxy) is 3. The molecule has 4 aromatic rings. The number of hydrogen-bond donors (Lipinski definition) is 0. The molecule has 5 rings (SSSR count). The minimum absolute atomic E-state index is 0. The first-order valence-electron chi connectivity index (χ1n) is 13.0. The second-order valence-electron chi connectivity index (χ2n) is 9.38. The average molecular weight is 537 g/mol. The molecule has 0 saturated carbocycles. The molecular weight excluding hydrogens is 499 g/mol. The largest absolute Gasteiger partial charge is 0.494 e. The molecule has 10 heteroatoms. The van der Waals surface area contributed by atoms with Crippen molar-refractivity contribution in [3.05, 3.63) is 72.6 Å². The van der Waals surface area contributed by atoms with Gasteiger partial charge >= 0.3 is 0 Å². The fourth-order valence-corrected chi connectivity index (χ4v) is 4.54. The Bertz CT molecular complexity index is 1320. The third-order valence-corrected chi connectivity index (χ3v) is 6.21. The number of piperidine rings is 1. The Balaban J connectivity index is 0.000000222. The van der Waals surface area contributed by atoms with Gasteiger partial charge in [0.15, 0.2) is 11.6 Å². The van der Waals surface area contributed by atoms with Crippen molar-refractivity contribution in [1.29, 1.82) is 0 Å². The molecule has 0 N–H and O–H groups in total. The third-order valence-electron chi connectivity index (χ3n) is 6.21. The molecule has 0 unspecified atom stereocenters. The number of anilines is 1. The molecular formula is C29H37FN6O3. The zero-order valence-corrected chi connectivity index (χ0v) is 23.0. The maximum absolute atomic E-state index is 12.7. The van der Waals surface area contributed by atoms with Crippen LogP contribution in [0, 0.1) is 12.7 Å². The SMILES string of the molecule is CC(C)O[C@H]1CCCN(c2ncc(F)cn2)C1.COc1cccc(OC)c1-n1c(C)nnc1-c1ccccc1.[HH]. The van der Waals surface area contributed by atoms with Crippen LogP contribution in [0.25, 0.3) is 17.1 Å². The lowest BCUT2D eigenvalue weighted by atomic mass is 10.1. The molecule has 1 fully saturated rings. The number of nitrogens with zero attached hydrogens (tertiary/aromatic N) is 6. The number of rotatable bonds is 7. The second kappa shape index (κ2) is 13.1. The highest BCUT2D eigenvalue weighted by Crippen LogP contribution is 2.35. The Labute approximate surface area is 230 Å². The highest BCUT2D eigenvalue weighted by atomic mass is 19.1. The first-order valence-corrected chi connectivity index (χ1v) is 13.0. The van der Waals surface area contributed by atoms with Gasteiger partial charge in [-0.25, -0.2) is 14.4 Å². The highest BCUT2D eigenvalue weighted by molar-refractivity contribution is 5.65. The zero-order chi connectivity index (χ0) is 27.8. The quantitative estimate of drug-likeness (QED) is 0.305. The molecule has 1 atom stereocenters. The first kappa shape index (κ1) is 28.0. The summed E-state index contributed by atoms with van der Waals surface area (Å²) >= 11 is 0. The Hall–Kier alpha value is -4.05. The zero-order valence-electron chi connectivity index (χ0n) is 23.0. The van der Waals surface area contributed by atoms with Crippen molar-refractivity contribution in [3.8, 4) is 28.6 Å². The second-order valence-corrected chi connectivity index (χ2v) is 9.38. The van der Waals surface area contributed by atoms with E-state index in [2.05, 4.69) is 25.1 Å². The maximum Gasteiger partial charge on any atom is 0.225 e. The van der Waals surface area contributed by atoms with Crippen molar-refractivity contribution < 1.29 is 20.0 Å². The van der Waals surface area contributed by atoms with E-state index in [1.807, 2.05) is 73.9 Å². The van der Waals surface area contributed by atoms with E-state index in [-0.39, 0.29) is 13.6 Å². The van der Waals surface area contributed by atoms with Crippen LogP contribution in [-0.4, -0.2) is 64.2 Å². The van der Waals surface area contributed by atoms with Crippen molar-refractivity contribution in [1.82, 2.24) is 24.7 Å². The number of halogens is 1. The predicted octanol–water partition coefficient (Wildman–Crippen LogP) is 5.52. The van der Waals surface area contributed by atoms with Crippen LogP contribution in [0.3, 0.4) is 0 Å². The molecule has 0 amide bonds. The molecule has 1 saturated heterocycles. The molecule has 39 heavy (non-hydrogen) atoms. The van der Waals surface area contributed by atoms with E-state index >= 15 is 0 Å². The van der Waals surface area contributed by atoms with Crippen molar-refractivity contribution >= 4 is 5.95 Å². The predicted molar refractivity (Wildman–Crippen MR) is 150 cm³/mol. The number of aromatic nitrogens is 5. The Kier molecular flexibility index (Phi) is 9.43. The number of hydrogen-bond acceptors (Lipinski definition) is 8. The van der Waals surface area contributed by atoms with Crippen LogP contribution in [0.5, 0.6) is 11.5 Å².